The third-order valence-electron chi connectivity index (χ3n) is 3.81. The average Bonchev–Trinajstić information content (AvgIpc) is 2.99. The maximum absolute atomic E-state index is 12.1. The van der Waals surface area contributed by atoms with Crippen LogP contribution >= 0.6 is 0 Å². The van der Waals surface area contributed by atoms with Crippen molar-refractivity contribution in [3.8, 4) is 11.5 Å². The Morgan fingerprint density at radius 2 is 2.00 bits per heavy atom. The van der Waals surface area contributed by atoms with Crippen molar-refractivity contribution in [2.75, 3.05) is 13.7 Å². The average molecular weight is 297 g/mol. The van der Waals surface area contributed by atoms with Crippen LogP contribution in [0, 0.1) is 0 Å². The minimum absolute atomic E-state index is 0.0512. The first-order chi connectivity index (χ1) is 10.8. The molecule has 1 atom stereocenters. The number of hydrogen-bond donors (Lipinski definition) is 1. The minimum atomic E-state index is -0.409. The summed E-state index contributed by atoms with van der Waals surface area (Å²) in [5.74, 6) is 1.60. The molecule has 0 spiro atoms. The summed E-state index contributed by atoms with van der Waals surface area (Å²) in [4.78, 5) is 12.1. The van der Waals surface area contributed by atoms with E-state index in [4.69, 9.17) is 9.47 Å². The largest absolute Gasteiger partial charge is 0.497 e. The Balaban J connectivity index is 1.47. The first kappa shape index (κ1) is 14.4. The van der Waals surface area contributed by atoms with Crippen LogP contribution in [-0.2, 0) is 17.6 Å². The molecule has 0 aromatic heterocycles. The van der Waals surface area contributed by atoms with E-state index in [0.29, 0.717) is 13.0 Å². The van der Waals surface area contributed by atoms with Gasteiger partial charge in [-0.05, 0) is 35.7 Å². The normalized spacial score (nSPS) is 15.8. The zero-order chi connectivity index (χ0) is 15.4. The third kappa shape index (κ3) is 3.22. The number of benzene rings is 2. The van der Waals surface area contributed by atoms with Gasteiger partial charge in [-0.25, -0.2) is 0 Å². The molecule has 1 heterocycles. The van der Waals surface area contributed by atoms with Crippen molar-refractivity contribution < 1.29 is 14.3 Å². The summed E-state index contributed by atoms with van der Waals surface area (Å²) in [5, 5.41) is 2.94. The van der Waals surface area contributed by atoms with Gasteiger partial charge in [-0.15, -0.1) is 0 Å². The maximum Gasteiger partial charge on any atom is 0.261 e. The van der Waals surface area contributed by atoms with Gasteiger partial charge in [0.15, 0.2) is 6.10 Å². The Morgan fingerprint density at radius 3 is 2.73 bits per heavy atom. The summed E-state index contributed by atoms with van der Waals surface area (Å²) in [6.45, 7) is 0.599. The Hall–Kier alpha value is -2.49. The van der Waals surface area contributed by atoms with E-state index < -0.39 is 6.10 Å². The first-order valence-electron chi connectivity index (χ1n) is 7.41. The lowest BCUT2D eigenvalue weighted by Gasteiger charge is -2.11. The Kier molecular flexibility index (Phi) is 4.28. The van der Waals surface area contributed by atoms with Crippen LogP contribution in [0.1, 0.15) is 11.1 Å². The summed E-state index contributed by atoms with van der Waals surface area (Å²) in [7, 11) is 1.65. The van der Waals surface area contributed by atoms with Crippen LogP contribution in [0.2, 0.25) is 0 Å². The van der Waals surface area contributed by atoms with E-state index in [1.165, 1.54) is 0 Å². The molecule has 0 bridgehead atoms. The fraction of sp³-hybridized carbons (Fsp3) is 0.278. The molecule has 0 fully saturated rings. The number of hydrogen-bond acceptors (Lipinski definition) is 3. The van der Waals surface area contributed by atoms with Crippen molar-refractivity contribution in [1.29, 1.82) is 0 Å². The molecule has 1 amide bonds. The summed E-state index contributed by atoms with van der Waals surface area (Å²) >= 11 is 0. The second-order valence-corrected chi connectivity index (χ2v) is 5.31. The fourth-order valence-corrected chi connectivity index (χ4v) is 2.56. The minimum Gasteiger partial charge on any atom is -0.497 e. The van der Waals surface area contributed by atoms with Crippen molar-refractivity contribution in [3.63, 3.8) is 0 Å². The van der Waals surface area contributed by atoms with E-state index >= 15 is 0 Å². The van der Waals surface area contributed by atoms with Gasteiger partial charge in [0.2, 0.25) is 0 Å². The van der Waals surface area contributed by atoms with Gasteiger partial charge in [0, 0.05) is 13.0 Å². The standard InChI is InChI=1S/C18H19NO3/c1-21-15-8-6-13(7-9-15)10-11-19-18(20)17-12-14-4-2-3-5-16(14)22-17/h2-9,17H,10-12H2,1H3,(H,19,20). The molecule has 1 unspecified atom stereocenters. The van der Waals surface area contributed by atoms with Gasteiger partial charge >= 0.3 is 0 Å². The van der Waals surface area contributed by atoms with E-state index in [2.05, 4.69) is 5.32 Å². The molecule has 22 heavy (non-hydrogen) atoms. The van der Waals surface area contributed by atoms with Crippen LogP contribution < -0.4 is 14.8 Å². The van der Waals surface area contributed by atoms with Gasteiger partial charge in [-0.2, -0.15) is 0 Å². The molecule has 1 aliphatic heterocycles. The SMILES string of the molecule is COc1ccc(CCNC(=O)C2Cc3ccccc3O2)cc1. The van der Waals surface area contributed by atoms with Crippen molar-refractivity contribution in [2.45, 2.75) is 18.9 Å². The number of carbonyl (C=O) groups is 1. The predicted octanol–water partition coefficient (Wildman–Crippen LogP) is 2.36. The second-order valence-electron chi connectivity index (χ2n) is 5.31. The zero-order valence-electron chi connectivity index (χ0n) is 12.5. The molecule has 4 nitrogen and oxygen atoms in total. The number of fused-ring (bicyclic) bond motifs is 1. The lowest BCUT2D eigenvalue weighted by Crippen LogP contribution is -2.38. The summed E-state index contributed by atoms with van der Waals surface area (Å²) in [5.41, 5.74) is 2.26. The van der Waals surface area contributed by atoms with Crippen LogP contribution in [0.15, 0.2) is 48.5 Å². The number of amides is 1. The number of para-hydroxylation sites is 1. The molecule has 0 aliphatic carbocycles. The van der Waals surface area contributed by atoms with E-state index in [0.717, 1.165) is 29.0 Å². The maximum atomic E-state index is 12.1. The molecule has 1 aliphatic rings. The number of methoxy groups -OCH3 is 1. The molecule has 4 heteroatoms. The lowest BCUT2D eigenvalue weighted by atomic mass is 10.1. The molecule has 114 valence electrons. The van der Waals surface area contributed by atoms with E-state index in [-0.39, 0.29) is 5.91 Å². The van der Waals surface area contributed by atoms with Crippen molar-refractivity contribution in [1.82, 2.24) is 5.32 Å². The summed E-state index contributed by atoms with van der Waals surface area (Å²) in [6, 6.07) is 15.6. The molecule has 2 aromatic carbocycles. The Bertz CT molecular complexity index is 627. The number of nitrogens with one attached hydrogen (secondary N) is 1. The number of rotatable bonds is 5. The molecule has 0 saturated carbocycles. The van der Waals surface area contributed by atoms with E-state index in [9.17, 15) is 4.79 Å². The Morgan fingerprint density at radius 1 is 1.23 bits per heavy atom. The van der Waals surface area contributed by atoms with Crippen molar-refractivity contribution in [2.24, 2.45) is 0 Å². The fourth-order valence-electron chi connectivity index (χ4n) is 2.56. The van der Waals surface area contributed by atoms with Crippen LogP contribution in [-0.4, -0.2) is 25.7 Å². The zero-order valence-corrected chi connectivity index (χ0v) is 12.5. The van der Waals surface area contributed by atoms with Crippen molar-refractivity contribution in [3.05, 3.63) is 59.7 Å². The molecular formula is C18H19NO3. The second kappa shape index (κ2) is 6.52. The quantitative estimate of drug-likeness (QED) is 0.921. The van der Waals surface area contributed by atoms with Crippen molar-refractivity contribution >= 4 is 5.91 Å². The molecule has 2 aromatic rings. The van der Waals surface area contributed by atoms with Crippen LogP contribution in [0.5, 0.6) is 11.5 Å². The topological polar surface area (TPSA) is 47.6 Å². The molecule has 0 radical (unpaired) electrons. The molecule has 3 rings (SSSR count). The van der Waals surface area contributed by atoms with Gasteiger partial charge in [0.1, 0.15) is 11.5 Å². The highest BCUT2D eigenvalue weighted by Crippen LogP contribution is 2.28. The van der Waals surface area contributed by atoms with Gasteiger partial charge < -0.3 is 14.8 Å². The molecular weight excluding hydrogens is 278 g/mol. The smallest absolute Gasteiger partial charge is 0.261 e. The highest BCUT2D eigenvalue weighted by Gasteiger charge is 2.28. The monoisotopic (exact) mass is 297 g/mol. The summed E-state index contributed by atoms with van der Waals surface area (Å²) in [6.07, 6.45) is 1.02. The highest BCUT2D eigenvalue weighted by molar-refractivity contribution is 5.82. The first-order valence-corrected chi connectivity index (χ1v) is 7.41. The van der Waals surface area contributed by atoms with Crippen LogP contribution in [0.3, 0.4) is 0 Å². The van der Waals surface area contributed by atoms with E-state index in [1.807, 2.05) is 48.5 Å². The van der Waals surface area contributed by atoms with Gasteiger partial charge in [-0.1, -0.05) is 30.3 Å². The van der Waals surface area contributed by atoms with Gasteiger partial charge in [0.25, 0.3) is 5.91 Å². The Labute approximate surface area is 130 Å². The van der Waals surface area contributed by atoms with E-state index in [1.54, 1.807) is 7.11 Å². The molecule has 1 N–H and O–H groups in total. The molecule has 0 saturated heterocycles. The number of carbonyl (C=O) groups excluding carboxylic acids is 1. The predicted molar refractivity (Wildman–Crippen MR) is 84.3 cm³/mol. The summed E-state index contributed by atoms with van der Waals surface area (Å²) < 4.78 is 10.8. The van der Waals surface area contributed by atoms with Gasteiger partial charge in [-0.3, -0.25) is 4.79 Å². The lowest BCUT2D eigenvalue weighted by molar-refractivity contribution is -0.127. The van der Waals surface area contributed by atoms with Crippen LogP contribution in [0.25, 0.3) is 0 Å². The van der Waals surface area contributed by atoms with Gasteiger partial charge in [0.05, 0.1) is 7.11 Å². The van der Waals surface area contributed by atoms with Crippen LogP contribution in [0.4, 0.5) is 0 Å². The third-order valence-corrected chi connectivity index (χ3v) is 3.81. The number of ether oxygens (including phenoxy) is 2. The highest BCUT2D eigenvalue weighted by atomic mass is 16.5.